The van der Waals surface area contributed by atoms with Gasteiger partial charge in [0, 0.05) is 30.6 Å². The van der Waals surface area contributed by atoms with Crippen molar-refractivity contribution in [3.05, 3.63) is 41.0 Å². The fraction of sp³-hybridized carbons (Fsp3) is 0.350. The van der Waals surface area contributed by atoms with E-state index in [0.29, 0.717) is 23.4 Å². The number of hydrogen-bond acceptors (Lipinski definition) is 5. The van der Waals surface area contributed by atoms with Crippen molar-refractivity contribution in [2.45, 2.75) is 25.7 Å². The highest BCUT2D eigenvalue weighted by molar-refractivity contribution is 9.10. The Balaban J connectivity index is 1.44. The molecule has 0 spiro atoms. The van der Waals surface area contributed by atoms with E-state index in [1.54, 1.807) is 22.8 Å². The third-order valence-electron chi connectivity index (χ3n) is 4.77. The van der Waals surface area contributed by atoms with Gasteiger partial charge in [0.05, 0.1) is 16.4 Å². The van der Waals surface area contributed by atoms with Crippen molar-refractivity contribution in [3.63, 3.8) is 0 Å². The molecule has 1 aliphatic rings. The first-order valence-corrected chi connectivity index (χ1v) is 10.3. The van der Waals surface area contributed by atoms with E-state index in [1.165, 1.54) is 0 Å². The summed E-state index contributed by atoms with van der Waals surface area (Å²) in [5.41, 5.74) is 2.02. The standard InChI is InChI=1S/C20H22BrN5O2/c21-15-12-24-26-18(22-9-3-4-10-23-20(28)13-7-8-13)11-16(25-19(15)26)14-5-1-2-6-17(14)27/h1-2,5-6,11-13,22,27H,3-4,7-10H2,(H,23,28). The Morgan fingerprint density at radius 2 is 2.04 bits per heavy atom. The first-order valence-electron chi connectivity index (χ1n) is 9.47. The van der Waals surface area contributed by atoms with E-state index in [9.17, 15) is 9.90 Å². The average molecular weight is 444 g/mol. The predicted molar refractivity (Wildman–Crippen MR) is 111 cm³/mol. The summed E-state index contributed by atoms with van der Waals surface area (Å²) in [5.74, 6) is 1.44. The Labute approximate surface area is 171 Å². The lowest BCUT2D eigenvalue weighted by Gasteiger charge is -2.12. The van der Waals surface area contributed by atoms with Gasteiger partial charge in [0.1, 0.15) is 11.6 Å². The number of phenolic OH excluding ortho intramolecular Hbond substituents is 1. The molecule has 0 unspecified atom stereocenters. The molecule has 0 radical (unpaired) electrons. The maximum Gasteiger partial charge on any atom is 0.223 e. The molecule has 3 N–H and O–H groups in total. The molecule has 1 fully saturated rings. The van der Waals surface area contributed by atoms with Crippen LogP contribution < -0.4 is 10.6 Å². The van der Waals surface area contributed by atoms with Crippen LogP contribution in [0.1, 0.15) is 25.7 Å². The van der Waals surface area contributed by atoms with Gasteiger partial charge in [-0.25, -0.2) is 4.98 Å². The van der Waals surface area contributed by atoms with Crippen LogP contribution in [0.5, 0.6) is 5.75 Å². The molecule has 1 aromatic carbocycles. The fourth-order valence-electron chi connectivity index (χ4n) is 3.06. The number of hydrogen-bond donors (Lipinski definition) is 3. The van der Waals surface area contributed by atoms with Crippen molar-refractivity contribution in [1.82, 2.24) is 19.9 Å². The molecule has 0 saturated heterocycles. The number of fused-ring (bicyclic) bond motifs is 1. The lowest BCUT2D eigenvalue weighted by molar-refractivity contribution is -0.122. The predicted octanol–water partition coefficient (Wildman–Crippen LogP) is 3.58. The number of carbonyl (C=O) groups is 1. The van der Waals surface area contributed by atoms with Crippen LogP contribution in [0.3, 0.4) is 0 Å². The van der Waals surface area contributed by atoms with Crippen LogP contribution in [0.4, 0.5) is 5.82 Å². The van der Waals surface area contributed by atoms with Crippen molar-refractivity contribution in [2.75, 3.05) is 18.4 Å². The summed E-state index contributed by atoms with van der Waals surface area (Å²) in [7, 11) is 0. The van der Waals surface area contributed by atoms with Gasteiger partial charge in [0.2, 0.25) is 5.91 Å². The molecule has 0 atom stereocenters. The van der Waals surface area contributed by atoms with Crippen molar-refractivity contribution < 1.29 is 9.90 Å². The lowest BCUT2D eigenvalue weighted by Crippen LogP contribution is -2.26. The summed E-state index contributed by atoms with van der Waals surface area (Å²) >= 11 is 3.48. The smallest absolute Gasteiger partial charge is 0.223 e. The van der Waals surface area contributed by atoms with Gasteiger partial charge in [-0.1, -0.05) is 12.1 Å². The topological polar surface area (TPSA) is 91.5 Å². The molecule has 2 heterocycles. The fourth-order valence-corrected chi connectivity index (χ4v) is 3.41. The number of amides is 1. The van der Waals surface area contributed by atoms with Crippen molar-refractivity contribution >= 4 is 33.3 Å². The highest BCUT2D eigenvalue weighted by atomic mass is 79.9. The summed E-state index contributed by atoms with van der Waals surface area (Å²) < 4.78 is 2.53. The van der Waals surface area contributed by atoms with Crippen molar-refractivity contribution in [3.8, 4) is 17.0 Å². The van der Waals surface area contributed by atoms with Crippen LogP contribution in [0.15, 0.2) is 41.0 Å². The lowest BCUT2D eigenvalue weighted by atomic mass is 10.1. The summed E-state index contributed by atoms with van der Waals surface area (Å²) in [5, 5.41) is 20.9. The maximum atomic E-state index is 11.6. The van der Waals surface area contributed by atoms with Crippen LogP contribution in [-0.2, 0) is 4.79 Å². The van der Waals surface area contributed by atoms with E-state index < -0.39 is 0 Å². The molecular formula is C20H22BrN5O2. The van der Waals surface area contributed by atoms with Gasteiger partial charge in [-0.2, -0.15) is 9.61 Å². The number of para-hydroxylation sites is 1. The van der Waals surface area contributed by atoms with Crippen LogP contribution in [0.2, 0.25) is 0 Å². The summed E-state index contributed by atoms with van der Waals surface area (Å²) in [6.07, 6.45) is 5.60. The van der Waals surface area contributed by atoms with E-state index >= 15 is 0 Å². The normalized spacial score (nSPS) is 13.6. The zero-order chi connectivity index (χ0) is 19.5. The number of anilines is 1. The number of halogens is 1. The van der Waals surface area contributed by atoms with Crippen LogP contribution in [-0.4, -0.2) is 38.7 Å². The van der Waals surface area contributed by atoms with Gasteiger partial charge in [-0.3, -0.25) is 4.79 Å². The van der Waals surface area contributed by atoms with Gasteiger partial charge >= 0.3 is 0 Å². The minimum atomic E-state index is 0.187. The van der Waals surface area contributed by atoms with Crippen LogP contribution in [0, 0.1) is 5.92 Å². The molecule has 1 saturated carbocycles. The van der Waals surface area contributed by atoms with Crippen LogP contribution >= 0.6 is 15.9 Å². The molecule has 7 nitrogen and oxygen atoms in total. The number of rotatable bonds is 8. The third-order valence-corrected chi connectivity index (χ3v) is 5.33. The molecule has 0 aliphatic heterocycles. The van der Waals surface area contributed by atoms with Gasteiger partial charge in [-0.15, -0.1) is 0 Å². The number of carbonyl (C=O) groups excluding carboxylic acids is 1. The molecule has 1 amide bonds. The summed E-state index contributed by atoms with van der Waals surface area (Å²) in [6, 6.07) is 9.03. The number of aromatic hydroxyl groups is 1. The largest absolute Gasteiger partial charge is 0.507 e. The second-order valence-corrected chi connectivity index (χ2v) is 7.83. The zero-order valence-electron chi connectivity index (χ0n) is 15.4. The molecule has 2 aromatic heterocycles. The highest BCUT2D eigenvalue weighted by Gasteiger charge is 2.28. The second-order valence-electron chi connectivity index (χ2n) is 6.97. The Morgan fingerprint density at radius 1 is 1.25 bits per heavy atom. The quantitative estimate of drug-likeness (QED) is 0.462. The van der Waals surface area contributed by atoms with Gasteiger partial charge in [-0.05, 0) is 53.7 Å². The molecular weight excluding hydrogens is 422 g/mol. The Kier molecular flexibility index (Phi) is 5.47. The molecule has 8 heteroatoms. The Bertz CT molecular complexity index is 999. The first-order chi connectivity index (χ1) is 13.6. The minimum absolute atomic E-state index is 0.187. The summed E-state index contributed by atoms with van der Waals surface area (Å²) in [4.78, 5) is 16.3. The number of nitrogens with zero attached hydrogens (tertiary/aromatic N) is 3. The molecule has 3 aromatic rings. The molecule has 28 heavy (non-hydrogen) atoms. The number of aromatic nitrogens is 3. The zero-order valence-corrected chi connectivity index (χ0v) is 16.9. The number of phenols is 1. The second kappa shape index (κ2) is 8.18. The third kappa shape index (κ3) is 4.11. The summed E-state index contributed by atoms with van der Waals surface area (Å²) in [6.45, 7) is 1.45. The monoisotopic (exact) mass is 443 g/mol. The highest BCUT2D eigenvalue weighted by Crippen LogP contribution is 2.31. The van der Waals surface area contributed by atoms with Crippen molar-refractivity contribution in [2.24, 2.45) is 5.92 Å². The minimum Gasteiger partial charge on any atom is -0.507 e. The van der Waals surface area contributed by atoms with Gasteiger partial charge in [0.15, 0.2) is 5.65 Å². The number of nitrogens with one attached hydrogen (secondary N) is 2. The van der Waals surface area contributed by atoms with Gasteiger partial charge in [0.25, 0.3) is 0 Å². The van der Waals surface area contributed by atoms with E-state index in [2.05, 4.69) is 36.6 Å². The molecule has 146 valence electrons. The number of unbranched alkanes of at least 4 members (excludes halogenated alkanes) is 1. The molecule has 0 bridgehead atoms. The van der Waals surface area contributed by atoms with E-state index in [1.807, 2.05) is 18.2 Å². The Morgan fingerprint density at radius 3 is 2.82 bits per heavy atom. The SMILES string of the molecule is O=C(NCCCCNc1cc(-c2ccccc2O)nc2c(Br)cnn12)C1CC1. The van der Waals surface area contributed by atoms with E-state index in [4.69, 9.17) is 0 Å². The number of benzene rings is 1. The van der Waals surface area contributed by atoms with E-state index in [-0.39, 0.29) is 17.6 Å². The average Bonchev–Trinajstić information content (AvgIpc) is 3.48. The molecule has 1 aliphatic carbocycles. The van der Waals surface area contributed by atoms with Crippen LogP contribution in [0.25, 0.3) is 16.9 Å². The maximum absolute atomic E-state index is 11.6. The van der Waals surface area contributed by atoms with Gasteiger partial charge < -0.3 is 15.7 Å². The molecule has 4 rings (SSSR count). The Hall–Kier alpha value is -2.61. The van der Waals surface area contributed by atoms with E-state index in [0.717, 1.165) is 42.5 Å². The van der Waals surface area contributed by atoms with Crippen molar-refractivity contribution in [1.29, 1.82) is 0 Å². The first kappa shape index (κ1) is 18.7.